The van der Waals surface area contributed by atoms with Crippen molar-refractivity contribution in [3.05, 3.63) is 34.1 Å². The zero-order valence-corrected chi connectivity index (χ0v) is 12.8. The Kier molecular flexibility index (Phi) is 5.10. The van der Waals surface area contributed by atoms with Gasteiger partial charge in [0.1, 0.15) is 0 Å². The van der Waals surface area contributed by atoms with Gasteiger partial charge in [0.2, 0.25) is 11.8 Å². The minimum atomic E-state index is 0.567. The SMILES string of the molecule is CCCNCCc1nnc(-c2ccc(C)cc2Br)o1. The fourth-order valence-electron chi connectivity index (χ4n) is 1.75. The Morgan fingerprint density at radius 3 is 2.84 bits per heavy atom. The summed E-state index contributed by atoms with van der Waals surface area (Å²) in [5, 5.41) is 11.5. The Balaban J connectivity index is 2.04. The van der Waals surface area contributed by atoms with Crippen molar-refractivity contribution in [1.82, 2.24) is 15.5 Å². The second-order valence-electron chi connectivity index (χ2n) is 4.48. The standard InChI is InChI=1S/C14H18BrN3O/c1-3-7-16-8-6-13-17-18-14(19-13)11-5-4-10(2)9-12(11)15/h4-5,9,16H,3,6-8H2,1-2H3. The van der Waals surface area contributed by atoms with Crippen LogP contribution in [0.2, 0.25) is 0 Å². The number of aromatic nitrogens is 2. The minimum absolute atomic E-state index is 0.567. The number of nitrogens with one attached hydrogen (secondary N) is 1. The molecule has 0 spiro atoms. The van der Waals surface area contributed by atoms with Gasteiger partial charge in [-0.15, -0.1) is 10.2 Å². The van der Waals surface area contributed by atoms with E-state index >= 15 is 0 Å². The van der Waals surface area contributed by atoms with Gasteiger partial charge in [0, 0.05) is 17.4 Å². The van der Waals surface area contributed by atoms with Gasteiger partial charge >= 0.3 is 0 Å². The quantitative estimate of drug-likeness (QED) is 0.828. The van der Waals surface area contributed by atoms with E-state index in [1.807, 2.05) is 25.1 Å². The highest BCUT2D eigenvalue weighted by molar-refractivity contribution is 9.10. The summed E-state index contributed by atoms with van der Waals surface area (Å²) >= 11 is 3.53. The largest absolute Gasteiger partial charge is 0.421 e. The molecule has 1 N–H and O–H groups in total. The molecule has 19 heavy (non-hydrogen) atoms. The lowest BCUT2D eigenvalue weighted by Gasteiger charge is -2.00. The summed E-state index contributed by atoms with van der Waals surface area (Å²) in [7, 11) is 0. The maximum absolute atomic E-state index is 5.68. The molecule has 5 heteroatoms. The van der Waals surface area contributed by atoms with Gasteiger partial charge in [0.25, 0.3) is 0 Å². The molecule has 2 rings (SSSR count). The second kappa shape index (κ2) is 6.82. The first-order valence-corrected chi connectivity index (χ1v) is 7.29. The van der Waals surface area contributed by atoms with Crippen LogP contribution in [0.4, 0.5) is 0 Å². The summed E-state index contributed by atoms with van der Waals surface area (Å²) in [5.41, 5.74) is 2.13. The summed E-state index contributed by atoms with van der Waals surface area (Å²) in [6.07, 6.45) is 1.89. The van der Waals surface area contributed by atoms with Crippen LogP contribution in [0, 0.1) is 6.92 Å². The van der Waals surface area contributed by atoms with Gasteiger partial charge in [-0.2, -0.15) is 0 Å². The Hall–Kier alpha value is -1.20. The highest BCUT2D eigenvalue weighted by Crippen LogP contribution is 2.27. The Morgan fingerprint density at radius 2 is 2.11 bits per heavy atom. The van der Waals surface area contributed by atoms with Gasteiger partial charge in [0.15, 0.2) is 0 Å². The number of halogens is 1. The smallest absolute Gasteiger partial charge is 0.248 e. The molecule has 0 fully saturated rings. The Labute approximate surface area is 121 Å². The predicted molar refractivity (Wildman–Crippen MR) is 79.0 cm³/mol. The molecular weight excluding hydrogens is 306 g/mol. The van der Waals surface area contributed by atoms with Crippen LogP contribution in [-0.2, 0) is 6.42 Å². The third kappa shape index (κ3) is 3.88. The Bertz CT molecular complexity index is 539. The lowest BCUT2D eigenvalue weighted by Crippen LogP contribution is -2.17. The summed E-state index contributed by atoms with van der Waals surface area (Å²) in [6, 6.07) is 6.07. The van der Waals surface area contributed by atoms with Crippen molar-refractivity contribution in [3.8, 4) is 11.5 Å². The highest BCUT2D eigenvalue weighted by Gasteiger charge is 2.11. The minimum Gasteiger partial charge on any atom is -0.421 e. The van der Waals surface area contributed by atoms with Crippen molar-refractivity contribution in [2.45, 2.75) is 26.7 Å². The van der Waals surface area contributed by atoms with Crippen molar-refractivity contribution in [2.75, 3.05) is 13.1 Å². The first-order valence-electron chi connectivity index (χ1n) is 6.50. The number of aryl methyl sites for hydroxylation is 1. The van der Waals surface area contributed by atoms with Crippen molar-refractivity contribution in [2.24, 2.45) is 0 Å². The summed E-state index contributed by atoms with van der Waals surface area (Å²) < 4.78 is 6.66. The van der Waals surface area contributed by atoms with E-state index in [4.69, 9.17) is 4.42 Å². The number of hydrogen-bond donors (Lipinski definition) is 1. The average Bonchev–Trinajstić information content (AvgIpc) is 2.83. The number of nitrogens with zero attached hydrogens (tertiary/aromatic N) is 2. The van der Waals surface area contributed by atoms with Gasteiger partial charge in [-0.1, -0.05) is 13.0 Å². The number of hydrogen-bond acceptors (Lipinski definition) is 4. The molecular formula is C14H18BrN3O. The molecule has 1 heterocycles. The van der Waals surface area contributed by atoms with Crippen molar-refractivity contribution >= 4 is 15.9 Å². The molecule has 0 amide bonds. The molecule has 0 aliphatic carbocycles. The third-order valence-corrected chi connectivity index (χ3v) is 3.42. The fraction of sp³-hybridized carbons (Fsp3) is 0.429. The second-order valence-corrected chi connectivity index (χ2v) is 5.34. The van der Waals surface area contributed by atoms with E-state index in [0.717, 1.165) is 36.0 Å². The van der Waals surface area contributed by atoms with E-state index in [1.165, 1.54) is 5.56 Å². The molecule has 1 aromatic heterocycles. The van der Waals surface area contributed by atoms with E-state index in [9.17, 15) is 0 Å². The zero-order valence-electron chi connectivity index (χ0n) is 11.2. The van der Waals surface area contributed by atoms with Crippen LogP contribution in [-0.4, -0.2) is 23.3 Å². The molecule has 0 bridgehead atoms. The van der Waals surface area contributed by atoms with E-state index in [1.54, 1.807) is 0 Å². The first-order chi connectivity index (χ1) is 9.20. The van der Waals surface area contributed by atoms with Gasteiger partial charge in [-0.25, -0.2) is 0 Å². The van der Waals surface area contributed by atoms with E-state index in [2.05, 4.69) is 38.4 Å². The Morgan fingerprint density at radius 1 is 1.26 bits per heavy atom. The molecule has 0 atom stereocenters. The van der Waals surface area contributed by atoms with E-state index < -0.39 is 0 Å². The molecule has 0 saturated heterocycles. The molecule has 0 aliphatic rings. The van der Waals surface area contributed by atoms with E-state index in [0.29, 0.717) is 11.8 Å². The van der Waals surface area contributed by atoms with E-state index in [-0.39, 0.29) is 0 Å². The van der Waals surface area contributed by atoms with Crippen LogP contribution in [0.1, 0.15) is 24.8 Å². The molecule has 0 unspecified atom stereocenters. The summed E-state index contributed by atoms with van der Waals surface area (Å²) in [5.74, 6) is 1.24. The zero-order chi connectivity index (χ0) is 13.7. The summed E-state index contributed by atoms with van der Waals surface area (Å²) in [6.45, 7) is 6.08. The van der Waals surface area contributed by atoms with Crippen LogP contribution in [0.5, 0.6) is 0 Å². The van der Waals surface area contributed by atoms with Crippen molar-refractivity contribution in [1.29, 1.82) is 0 Å². The van der Waals surface area contributed by atoms with Crippen molar-refractivity contribution < 1.29 is 4.42 Å². The topological polar surface area (TPSA) is 51.0 Å². The molecule has 0 aliphatic heterocycles. The van der Waals surface area contributed by atoms with Gasteiger partial charge in [-0.3, -0.25) is 0 Å². The lowest BCUT2D eigenvalue weighted by atomic mass is 10.1. The van der Waals surface area contributed by atoms with Crippen LogP contribution in [0.3, 0.4) is 0 Å². The predicted octanol–water partition coefficient (Wildman–Crippen LogP) is 3.35. The highest BCUT2D eigenvalue weighted by atomic mass is 79.9. The molecule has 1 aromatic carbocycles. The van der Waals surface area contributed by atoms with Gasteiger partial charge in [0.05, 0.1) is 5.56 Å². The maximum Gasteiger partial charge on any atom is 0.248 e. The monoisotopic (exact) mass is 323 g/mol. The van der Waals surface area contributed by atoms with Crippen LogP contribution >= 0.6 is 15.9 Å². The van der Waals surface area contributed by atoms with Gasteiger partial charge < -0.3 is 9.73 Å². The lowest BCUT2D eigenvalue weighted by molar-refractivity contribution is 0.494. The third-order valence-electron chi connectivity index (χ3n) is 2.76. The first kappa shape index (κ1) is 14.2. The van der Waals surface area contributed by atoms with Crippen molar-refractivity contribution in [3.63, 3.8) is 0 Å². The summed E-state index contributed by atoms with van der Waals surface area (Å²) in [4.78, 5) is 0. The normalized spacial score (nSPS) is 10.9. The fourth-order valence-corrected chi connectivity index (χ4v) is 2.42. The molecule has 102 valence electrons. The molecule has 2 aromatic rings. The number of benzene rings is 1. The van der Waals surface area contributed by atoms with Gasteiger partial charge in [-0.05, 0) is 53.5 Å². The van der Waals surface area contributed by atoms with Crippen LogP contribution < -0.4 is 5.32 Å². The molecule has 0 saturated carbocycles. The average molecular weight is 324 g/mol. The van der Waals surface area contributed by atoms with Crippen LogP contribution in [0.25, 0.3) is 11.5 Å². The molecule has 0 radical (unpaired) electrons. The van der Waals surface area contributed by atoms with Crippen LogP contribution in [0.15, 0.2) is 27.1 Å². The maximum atomic E-state index is 5.68. The molecule has 4 nitrogen and oxygen atoms in total. The number of rotatable bonds is 6.